The van der Waals surface area contributed by atoms with E-state index in [1.165, 1.54) is 46.8 Å². The lowest BCUT2D eigenvalue weighted by Crippen LogP contribution is -2.02. The second kappa shape index (κ2) is 6.07. The van der Waals surface area contributed by atoms with Crippen molar-refractivity contribution in [2.24, 2.45) is 0 Å². The van der Waals surface area contributed by atoms with E-state index in [2.05, 4.69) is 9.97 Å². The molecule has 24 heavy (non-hydrogen) atoms. The number of aryl methyl sites for hydroxylation is 2. The standard InChI is InChI=1S/C17H14N2O3S2/c20-11-5-4-9(6-12(11)21)13(22)7-23-16-15-10-2-1-3-14(10)24-17(15)19-8-18-16/h4-6,8,20-21H,1-3,7H2. The van der Waals surface area contributed by atoms with Crippen LogP contribution >= 0.6 is 23.1 Å². The maximum atomic E-state index is 12.3. The van der Waals surface area contributed by atoms with Gasteiger partial charge in [0.1, 0.15) is 16.2 Å². The molecule has 0 amide bonds. The van der Waals surface area contributed by atoms with Gasteiger partial charge in [-0.15, -0.1) is 11.3 Å². The number of thiophene rings is 1. The molecule has 0 fully saturated rings. The van der Waals surface area contributed by atoms with E-state index in [0.29, 0.717) is 5.56 Å². The number of hydrogen-bond donors (Lipinski definition) is 2. The Morgan fingerprint density at radius 2 is 2.08 bits per heavy atom. The summed E-state index contributed by atoms with van der Waals surface area (Å²) in [6.45, 7) is 0. The van der Waals surface area contributed by atoms with Crippen LogP contribution in [-0.4, -0.2) is 31.7 Å². The van der Waals surface area contributed by atoms with Gasteiger partial charge in [0.25, 0.3) is 0 Å². The molecule has 3 aromatic rings. The summed E-state index contributed by atoms with van der Waals surface area (Å²) in [7, 11) is 0. The third-order valence-electron chi connectivity index (χ3n) is 4.10. The Bertz CT molecular complexity index is 952. The molecule has 0 bridgehead atoms. The summed E-state index contributed by atoms with van der Waals surface area (Å²) in [6, 6.07) is 4.12. The summed E-state index contributed by atoms with van der Waals surface area (Å²) >= 11 is 3.12. The molecule has 2 heterocycles. The monoisotopic (exact) mass is 358 g/mol. The van der Waals surface area contributed by atoms with Gasteiger partial charge in [0.15, 0.2) is 17.3 Å². The first kappa shape index (κ1) is 15.4. The van der Waals surface area contributed by atoms with E-state index in [1.54, 1.807) is 17.7 Å². The fraction of sp³-hybridized carbons (Fsp3) is 0.235. The summed E-state index contributed by atoms with van der Waals surface area (Å²) in [4.78, 5) is 23.4. The van der Waals surface area contributed by atoms with E-state index in [9.17, 15) is 15.0 Å². The number of benzene rings is 1. The van der Waals surface area contributed by atoms with Crippen LogP contribution in [0.15, 0.2) is 29.6 Å². The quantitative estimate of drug-likeness (QED) is 0.321. The molecule has 0 unspecified atom stereocenters. The van der Waals surface area contributed by atoms with Gasteiger partial charge in [0.05, 0.1) is 5.75 Å². The van der Waals surface area contributed by atoms with Crippen LogP contribution in [0.2, 0.25) is 0 Å². The van der Waals surface area contributed by atoms with Gasteiger partial charge < -0.3 is 10.2 Å². The molecular weight excluding hydrogens is 344 g/mol. The summed E-state index contributed by atoms with van der Waals surface area (Å²) in [5, 5.41) is 20.8. The fourth-order valence-corrected chi connectivity index (χ4v) is 5.14. The molecule has 5 nitrogen and oxygen atoms in total. The highest BCUT2D eigenvalue weighted by Crippen LogP contribution is 2.40. The van der Waals surface area contributed by atoms with Gasteiger partial charge in [-0.2, -0.15) is 0 Å². The Labute approximate surface area is 146 Å². The largest absolute Gasteiger partial charge is 0.504 e. The van der Waals surface area contributed by atoms with Crippen molar-refractivity contribution in [2.45, 2.75) is 24.3 Å². The molecule has 0 spiro atoms. The Morgan fingerprint density at radius 3 is 2.92 bits per heavy atom. The van der Waals surface area contributed by atoms with E-state index < -0.39 is 0 Å². The minimum absolute atomic E-state index is 0.117. The second-order valence-electron chi connectivity index (χ2n) is 5.63. The molecule has 0 saturated carbocycles. The molecule has 1 aromatic carbocycles. The van der Waals surface area contributed by atoms with Crippen LogP contribution in [0.5, 0.6) is 11.5 Å². The number of carbonyl (C=O) groups excluding carboxylic acids is 1. The Balaban J connectivity index is 1.59. The number of hydrogen-bond acceptors (Lipinski definition) is 7. The van der Waals surface area contributed by atoms with E-state index >= 15 is 0 Å². The third kappa shape index (κ3) is 2.63. The van der Waals surface area contributed by atoms with Gasteiger partial charge in [-0.3, -0.25) is 4.79 Å². The first-order valence-electron chi connectivity index (χ1n) is 7.56. The molecule has 122 valence electrons. The number of rotatable bonds is 4. The number of fused-ring (bicyclic) bond motifs is 3. The summed E-state index contributed by atoms with van der Waals surface area (Å²) < 4.78 is 0. The minimum atomic E-state index is -0.286. The van der Waals surface area contributed by atoms with Gasteiger partial charge in [0.2, 0.25) is 0 Å². The van der Waals surface area contributed by atoms with Gasteiger partial charge in [-0.05, 0) is 43.0 Å². The number of nitrogens with zero attached hydrogens (tertiary/aromatic N) is 2. The topological polar surface area (TPSA) is 83.3 Å². The smallest absolute Gasteiger partial charge is 0.173 e. The molecule has 0 atom stereocenters. The summed E-state index contributed by atoms with van der Waals surface area (Å²) in [5.41, 5.74) is 1.71. The molecular formula is C17H14N2O3S2. The Hall–Kier alpha value is -2.12. The lowest BCUT2D eigenvalue weighted by atomic mass is 10.1. The number of ketones is 1. The zero-order chi connectivity index (χ0) is 16.7. The van der Waals surface area contributed by atoms with Crippen molar-refractivity contribution in [1.29, 1.82) is 0 Å². The molecule has 7 heteroatoms. The number of phenolic OH excluding ortho intramolecular Hbond substituents is 2. The van der Waals surface area contributed by atoms with E-state index in [1.807, 2.05) is 0 Å². The summed E-state index contributed by atoms with van der Waals surface area (Å²) in [5.74, 6) is -0.411. The second-order valence-corrected chi connectivity index (χ2v) is 7.68. The first-order valence-corrected chi connectivity index (χ1v) is 9.37. The van der Waals surface area contributed by atoms with Crippen molar-refractivity contribution < 1.29 is 15.0 Å². The molecule has 0 saturated heterocycles. The maximum Gasteiger partial charge on any atom is 0.173 e. The predicted molar refractivity (Wildman–Crippen MR) is 94.3 cm³/mol. The van der Waals surface area contributed by atoms with Crippen molar-refractivity contribution in [1.82, 2.24) is 9.97 Å². The van der Waals surface area contributed by atoms with Gasteiger partial charge in [-0.1, -0.05) is 11.8 Å². The number of aromatic hydroxyl groups is 2. The van der Waals surface area contributed by atoms with Crippen LogP contribution in [0.25, 0.3) is 10.2 Å². The molecule has 2 aromatic heterocycles. The van der Waals surface area contributed by atoms with Crippen molar-refractivity contribution >= 4 is 39.1 Å². The predicted octanol–water partition coefficient (Wildman–Crippen LogP) is 3.57. The Kier molecular flexibility index (Phi) is 3.90. The number of carbonyl (C=O) groups is 1. The molecule has 4 rings (SSSR count). The highest BCUT2D eigenvalue weighted by atomic mass is 32.2. The molecule has 0 radical (unpaired) electrons. The van der Waals surface area contributed by atoms with Crippen LogP contribution in [0.4, 0.5) is 0 Å². The normalized spacial score (nSPS) is 13.3. The number of thioether (sulfide) groups is 1. The SMILES string of the molecule is O=C(CSc1ncnc2sc3c(c12)CCC3)c1ccc(O)c(O)c1. The highest BCUT2D eigenvalue weighted by Gasteiger charge is 2.21. The fourth-order valence-electron chi connectivity index (χ4n) is 2.92. The lowest BCUT2D eigenvalue weighted by molar-refractivity contribution is 0.102. The zero-order valence-corrected chi connectivity index (χ0v) is 14.3. The zero-order valence-electron chi connectivity index (χ0n) is 12.7. The van der Waals surface area contributed by atoms with Crippen LogP contribution < -0.4 is 0 Å². The first-order chi connectivity index (χ1) is 11.6. The van der Waals surface area contributed by atoms with E-state index in [0.717, 1.165) is 28.1 Å². The molecule has 1 aliphatic rings. The average Bonchev–Trinajstić information content (AvgIpc) is 3.15. The molecule has 0 aliphatic heterocycles. The van der Waals surface area contributed by atoms with Crippen molar-refractivity contribution in [2.75, 3.05) is 5.75 Å². The van der Waals surface area contributed by atoms with Crippen molar-refractivity contribution in [3.05, 3.63) is 40.5 Å². The van der Waals surface area contributed by atoms with E-state index in [4.69, 9.17) is 0 Å². The Morgan fingerprint density at radius 1 is 1.21 bits per heavy atom. The van der Waals surface area contributed by atoms with Crippen molar-refractivity contribution in [3.63, 3.8) is 0 Å². The lowest BCUT2D eigenvalue weighted by Gasteiger charge is -2.05. The molecule has 2 N–H and O–H groups in total. The van der Waals surface area contributed by atoms with Crippen LogP contribution in [0.1, 0.15) is 27.2 Å². The minimum Gasteiger partial charge on any atom is -0.504 e. The third-order valence-corrected chi connectivity index (χ3v) is 6.29. The van der Waals surface area contributed by atoms with Gasteiger partial charge >= 0.3 is 0 Å². The van der Waals surface area contributed by atoms with E-state index in [-0.39, 0.29) is 23.0 Å². The number of phenols is 2. The van der Waals surface area contributed by atoms with Crippen LogP contribution in [0.3, 0.4) is 0 Å². The number of aromatic nitrogens is 2. The highest BCUT2D eigenvalue weighted by molar-refractivity contribution is 8.00. The maximum absolute atomic E-state index is 12.3. The van der Waals surface area contributed by atoms with Gasteiger partial charge in [0, 0.05) is 15.8 Å². The van der Waals surface area contributed by atoms with Crippen LogP contribution in [-0.2, 0) is 12.8 Å². The van der Waals surface area contributed by atoms with Crippen molar-refractivity contribution in [3.8, 4) is 11.5 Å². The van der Waals surface area contributed by atoms with Crippen LogP contribution in [0, 0.1) is 0 Å². The van der Waals surface area contributed by atoms with Gasteiger partial charge in [-0.25, -0.2) is 9.97 Å². The molecule has 1 aliphatic carbocycles. The number of Topliss-reactive ketones (excluding diaryl/α,β-unsaturated/α-hetero) is 1. The summed E-state index contributed by atoms with van der Waals surface area (Å²) in [6.07, 6.45) is 4.87. The average molecular weight is 358 g/mol.